The van der Waals surface area contributed by atoms with Crippen LogP contribution in [0.15, 0.2) is 18.2 Å². The number of piperidine rings is 1. The van der Waals surface area contributed by atoms with E-state index in [1.807, 2.05) is 12.1 Å². The second kappa shape index (κ2) is 4.29. The van der Waals surface area contributed by atoms with Crippen LogP contribution in [0.5, 0.6) is 5.75 Å². The monoisotopic (exact) mass is 296 g/mol. The van der Waals surface area contributed by atoms with E-state index in [9.17, 15) is 5.11 Å². The molecular formula is C19H24N2O. The normalized spacial score (nSPS) is 33.6. The fourth-order valence-corrected chi connectivity index (χ4v) is 5.85. The molecule has 0 radical (unpaired) electrons. The van der Waals surface area contributed by atoms with E-state index in [-0.39, 0.29) is 0 Å². The van der Waals surface area contributed by atoms with Gasteiger partial charge in [0.2, 0.25) is 0 Å². The lowest BCUT2D eigenvalue weighted by Gasteiger charge is -2.31. The van der Waals surface area contributed by atoms with E-state index < -0.39 is 0 Å². The van der Waals surface area contributed by atoms with E-state index in [1.165, 1.54) is 41.7 Å². The van der Waals surface area contributed by atoms with Crippen LogP contribution in [0, 0.1) is 17.8 Å². The first kappa shape index (κ1) is 13.0. The van der Waals surface area contributed by atoms with Gasteiger partial charge in [-0.15, -0.1) is 0 Å². The van der Waals surface area contributed by atoms with Gasteiger partial charge >= 0.3 is 0 Å². The molecule has 3 heteroatoms. The third-order valence-electron chi connectivity index (χ3n) is 6.51. The van der Waals surface area contributed by atoms with Crippen molar-refractivity contribution in [1.29, 1.82) is 0 Å². The van der Waals surface area contributed by atoms with Crippen LogP contribution in [0.25, 0.3) is 10.9 Å². The predicted octanol–water partition coefficient (Wildman–Crippen LogP) is 3.49. The predicted molar refractivity (Wildman–Crippen MR) is 88.2 cm³/mol. The molecule has 0 amide bonds. The molecule has 3 aliphatic rings. The van der Waals surface area contributed by atoms with Crippen molar-refractivity contribution in [3.63, 3.8) is 0 Å². The summed E-state index contributed by atoms with van der Waals surface area (Å²) in [6.07, 6.45) is 2.46. The fraction of sp³-hybridized carbons (Fsp3) is 0.579. The highest BCUT2D eigenvalue weighted by atomic mass is 16.3. The number of nitrogens with one attached hydrogen (secondary N) is 1. The molecule has 3 heterocycles. The third-order valence-corrected chi connectivity index (χ3v) is 6.51. The lowest BCUT2D eigenvalue weighted by molar-refractivity contribution is 0.185. The smallest absolute Gasteiger partial charge is 0.116 e. The number of rotatable bonds is 1. The Labute approximate surface area is 131 Å². The Morgan fingerprint density at radius 2 is 2.18 bits per heavy atom. The van der Waals surface area contributed by atoms with Gasteiger partial charge in [0, 0.05) is 41.6 Å². The van der Waals surface area contributed by atoms with Crippen molar-refractivity contribution in [3.8, 4) is 5.75 Å². The summed E-state index contributed by atoms with van der Waals surface area (Å²) in [5, 5.41) is 11.1. The van der Waals surface area contributed by atoms with Crippen molar-refractivity contribution in [1.82, 2.24) is 9.88 Å². The van der Waals surface area contributed by atoms with Crippen LogP contribution in [0.4, 0.5) is 0 Å². The summed E-state index contributed by atoms with van der Waals surface area (Å²) < 4.78 is 0. The lowest BCUT2D eigenvalue weighted by Crippen LogP contribution is -2.38. The van der Waals surface area contributed by atoms with Crippen molar-refractivity contribution in [2.24, 2.45) is 17.8 Å². The molecule has 1 aliphatic carbocycles. The number of H-pyrrole nitrogens is 1. The molecule has 2 fully saturated rings. The lowest BCUT2D eigenvalue weighted by atomic mass is 9.86. The van der Waals surface area contributed by atoms with Gasteiger partial charge in [-0.25, -0.2) is 0 Å². The van der Waals surface area contributed by atoms with Crippen LogP contribution in [0.2, 0.25) is 0 Å². The van der Waals surface area contributed by atoms with Crippen molar-refractivity contribution in [2.45, 2.75) is 38.6 Å². The highest BCUT2D eigenvalue weighted by molar-refractivity contribution is 5.86. The Morgan fingerprint density at radius 1 is 1.32 bits per heavy atom. The summed E-state index contributed by atoms with van der Waals surface area (Å²) in [4.78, 5) is 6.47. The molecule has 2 aromatic rings. The number of hydrogen-bond acceptors (Lipinski definition) is 2. The molecular weight excluding hydrogens is 272 g/mol. The topological polar surface area (TPSA) is 39.3 Å². The van der Waals surface area contributed by atoms with Gasteiger partial charge in [0.25, 0.3) is 0 Å². The van der Waals surface area contributed by atoms with E-state index in [4.69, 9.17) is 0 Å². The number of phenols is 1. The minimum atomic E-state index is 0.381. The molecule has 2 bridgehead atoms. The molecule has 3 nitrogen and oxygen atoms in total. The average Bonchev–Trinajstić information content (AvgIpc) is 3.11. The minimum absolute atomic E-state index is 0.381. The summed E-state index contributed by atoms with van der Waals surface area (Å²) in [6.45, 7) is 7.28. The Morgan fingerprint density at radius 3 is 2.95 bits per heavy atom. The van der Waals surface area contributed by atoms with Gasteiger partial charge in [-0.05, 0) is 54.4 Å². The van der Waals surface area contributed by atoms with E-state index in [0.717, 1.165) is 30.2 Å². The molecule has 1 aromatic heterocycles. The maximum atomic E-state index is 9.86. The molecule has 2 aliphatic heterocycles. The zero-order valence-corrected chi connectivity index (χ0v) is 13.3. The highest BCUT2D eigenvalue weighted by Crippen LogP contribution is 2.55. The SMILES string of the molecule is CC(C)[C@@H]1[C@@H]2C[C@H]3c4[nH]c5ccc(O)cc5c4CCN(C2)[C@@H]13. The molecule has 1 saturated heterocycles. The molecule has 116 valence electrons. The van der Waals surface area contributed by atoms with Crippen LogP contribution < -0.4 is 0 Å². The number of aromatic nitrogens is 1. The van der Waals surface area contributed by atoms with Gasteiger partial charge in [0.15, 0.2) is 0 Å². The Balaban J connectivity index is 1.67. The molecule has 2 N–H and O–H groups in total. The van der Waals surface area contributed by atoms with Crippen molar-refractivity contribution < 1.29 is 5.11 Å². The summed E-state index contributed by atoms with van der Waals surface area (Å²) in [5.74, 6) is 3.56. The number of aromatic hydroxyl groups is 1. The first-order valence-electron chi connectivity index (χ1n) is 8.71. The molecule has 0 spiro atoms. The standard InChI is InChI=1S/C19H24N2O/c1-10(2)17-11-7-15-18-13(5-6-21(9-11)19(15)17)14-8-12(22)3-4-16(14)20-18/h3-4,8,10-11,15,17,19-20,22H,5-7,9H2,1-2H3/t11-,15+,17-,19-/m1/s1. The van der Waals surface area contributed by atoms with Gasteiger partial charge < -0.3 is 10.1 Å². The van der Waals surface area contributed by atoms with Crippen LogP contribution in [-0.4, -0.2) is 34.1 Å². The van der Waals surface area contributed by atoms with E-state index >= 15 is 0 Å². The maximum Gasteiger partial charge on any atom is 0.116 e. The van der Waals surface area contributed by atoms with Gasteiger partial charge in [0.1, 0.15) is 5.75 Å². The fourth-order valence-electron chi connectivity index (χ4n) is 5.85. The van der Waals surface area contributed by atoms with E-state index in [2.05, 4.69) is 23.7 Å². The van der Waals surface area contributed by atoms with Crippen LogP contribution >= 0.6 is 0 Å². The minimum Gasteiger partial charge on any atom is -0.508 e. The molecule has 22 heavy (non-hydrogen) atoms. The largest absolute Gasteiger partial charge is 0.508 e. The number of fused-ring (bicyclic) bond motifs is 5. The average molecular weight is 296 g/mol. The quantitative estimate of drug-likeness (QED) is 0.845. The van der Waals surface area contributed by atoms with Crippen LogP contribution in [-0.2, 0) is 6.42 Å². The second-order valence-corrected chi connectivity index (χ2v) is 7.91. The zero-order chi connectivity index (χ0) is 15.0. The first-order valence-corrected chi connectivity index (χ1v) is 8.71. The van der Waals surface area contributed by atoms with Gasteiger partial charge in [-0.1, -0.05) is 13.8 Å². The summed E-state index contributed by atoms with van der Waals surface area (Å²) in [7, 11) is 0. The third kappa shape index (κ3) is 1.55. The maximum absolute atomic E-state index is 9.86. The van der Waals surface area contributed by atoms with Crippen molar-refractivity contribution >= 4 is 10.9 Å². The molecule has 4 atom stereocenters. The summed E-state index contributed by atoms with van der Waals surface area (Å²) >= 11 is 0. The number of benzene rings is 1. The zero-order valence-electron chi connectivity index (χ0n) is 13.3. The number of nitrogens with zero attached hydrogens (tertiary/aromatic N) is 1. The van der Waals surface area contributed by atoms with Gasteiger partial charge in [0.05, 0.1) is 0 Å². The Kier molecular flexibility index (Phi) is 2.53. The summed E-state index contributed by atoms with van der Waals surface area (Å²) in [6, 6.07) is 6.50. The first-order chi connectivity index (χ1) is 10.6. The highest BCUT2D eigenvalue weighted by Gasteiger charge is 2.55. The number of phenolic OH excluding ortho intramolecular Hbond substituents is 1. The van der Waals surface area contributed by atoms with Crippen molar-refractivity contribution in [2.75, 3.05) is 13.1 Å². The van der Waals surface area contributed by atoms with E-state index in [1.54, 1.807) is 6.07 Å². The molecule has 1 saturated carbocycles. The molecule has 0 unspecified atom stereocenters. The van der Waals surface area contributed by atoms with E-state index in [0.29, 0.717) is 11.7 Å². The summed E-state index contributed by atoms with van der Waals surface area (Å²) in [5.41, 5.74) is 4.13. The van der Waals surface area contributed by atoms with Crippen molar-refractivity contribution in [3.05, 3.63) is 29.5 Å². The number of aromatic amines is 1. The Hall–Kier alpha value is -1.48. The number of hydrogen-bond donors (Lipinski definition) is 2. The second-order valence-electron chi connectivity index (χ2n) is 7.91. The van der Waals surface area contributed by atoms with Gasteiger partial charge in [-0.2, -0.15) is 0 Å². The molecule has 5 rings (SSSR count). The van der Waals surface area contributed by atoms with Gasteiger partial charge in [-0.3, -0.25) is 4.90 Å². The van der Waals surface area contributed by atoms with Crippen LogP contribution in [0.1, 0.15) is 37.4 Å². The van der Waals surface area contributed by atoms with Crippen LogP contribution in [0.3, 0.4) is 0 Å². The Bertz CT molecular complexity index is 747. The molecule has 1 aromatic carbocycles.